The van der Waals surface area contributed by atoms with E-state index in [2.05, 4.69) is 6.92 Å². The van der Waals surface area contributed by atoms with Crippen molar-refractivity contribution in [2.24, 2.45) is 5.41 Å². The quantitative estimate of drug-likeness (QED) is 0.572. The van der Waals surface area contributed by atoms with Crippen LogP contribution in [0.15, 0.2) is 0 Å². The number of hydrogen-bond donors (Lipinski definition) is 1. The van der Waals surface area contributed by atoms with Gasteiger partial charge in [0, 0.05) is 0 Å². The van der Waals surface area contributed by atoms with Crippen molar-refractivity contribution in [1.29, 1.82) is 0 Å². The van der Waals surface area contributed by atoms with Gasteiger partial charge in [-0.3, -0.25) is 0 Å². The molecule has 0 amide bonds. The molecule has 54 valence electrons. The van der Waals surface area contributed by atoms with Crippen molar-refractivity contribution < 1.29 is 5.11 Å². The van der Waals surface area contributed by atoms with Crippen molar-refractivity contribution in [2.75, 3.05) is 0 Å². The summed E-state index contributed by atoms with van der Waals surface area (Å²) in [5.74, 6) is 0. The Hall–Kier alpha value is -0.0400. The zero-order chi connectivity index (χ0) is 6.91. The number of rotatable bonds is 1. The minimum Gasteiger partial charge on any atom is -0.393 e. The van der Waals surface area contributed by atoms with Crippen LogP contribution in [0.5, 0.6) is 0 Å². The van der Waals surface area contributed by atoms with E-state index in [4.69, 9.17) is 0 Å². The Kier molecular flexibility index (Phi) is 1.80. The van der Waals surface area contributed by atoms with Crippen LogP contribution in [0.4, 0.5) is 0 Å². The van der Waals surface area contributed by atoms with E-state index in [0.29, 0.717) is 0 Å². The van der Waals surface area contributed by atoms with Gasteiger partial charge in [-0.2, -0.15) is 0 Å². The predicted octanol–water partition coefficient (Wildman–Crippen LogP) is 1.95. The maximum absolute atomic E-state index is 9.31. The molecule has 0 radical (unpaired) electrons. The highest BCUT2D eigenvalue weighted by Gasteiger charge is 2.32. The number of aliphatic hydroxyl groups is 1. The lowest BCUT2D eigenvalue weighted by Crippen LogP contribution is -2.25. The minimum absolute atomic E-state index is 0.111. The summed E-state index contributed by atoms with van der Waals surface area (Å²) in [7, 11) is 0. The molecule has 9 heavy (non-hydrogen) atoms. The summed E-state index contributed by atoms with van der Waals surface area (Å²) in [5.41, 5.74) is 0.250. The minimum atomic E-state index is -0.111. The highest BCUT2D eigenvalue weighted by molar-refractivity contribution is 4.84. The van der Waals surface area contributed by atoms with Crippen LogP contribution in [0, 0.1) is 5.41 Å². The van der Waals surface area contributed by atoms with Crippen molar-refractivity contribution in [1.82, 2.24) is 0 Å². The lowest BCUT2D eigenvalue weighted by Gasteiger charge is -2.26. The van der Waals surface area contributed by atoms with Crippen molar-refractivity contribution in [3.8, 4) is 0 Å². The fraction of sp³-hybridized carbons (Fsp3) is 1.00. The number of aliphatic hydroxyl groups excluding tert-OH is 1. The molecule has 0 unspecified atom stereocenters. The molecule has 1 atom stereocenters. The molecule has 0 aromatic rings. The smallest absolute Gasteiger partial charge is 0.0565 e. The molecule has 0 heterocycles. The fourth-order valence-electron chi connectivity index (χ4n) is 1.60. The van der Waals surface area contributed by atoms with Crippen molar-refractivity contribution >= 4 is 0 Å². The van der Waals surface area contributed by atoms with Crippen LogP contribution in [-0.2, 0) is 0 Å². The summed E-state index contributed by atoms with van der Waals surface area (Å²) in [5, 5.41) is 9.31. The van der Waals surface area contributed by atoms with E-state index in [9.17, 15) is 5.11 Å². The van der Waals surface area contributed by atoms with Gasteiger partial charge < -0.3 is 5.11 Å². The van der Waals surface area contributed by atoms with Gasteiger partial charge in [0.05, 0.1) is 6.10 Å². The predicted molar refractivity (Wildman–Crippen MR) is 38.3 cm³/mol. The van der Waals surface area contributed by atoms with Gasteiger partial charge in [0.15, 0.2) is 0 Å². The van der Waals surface area contributed by atoms with E-state index >= 15 is 0 Å². The van der Waals surface area contributed by atoms with Crippen LogP contribution in [-0.4, -0.2) is 11.2 Å². The average molecular weight is 128 g/mol. The summed E-state index contributed by atoms with van der Waals surface area (Å²) in [6.07, 6.45) is 4.93. The first kappa shape index (κ1) is 7.07. The maximum atomic E-state index is 9.31. The Labute approximate surface area is 57.1 Å². The Morgan fingerprint density at radius 2 is 1.78 bits per heavy atom. The van der Waals surface area contributed by atoms with Gasteiger partial charge in [0.1, 0.15) is 0 Å². The summed E-state index contributed by atoms with van der Waals surface area (Å²) < 4.78 is 0. The average Bonchev–Trinajstić information content (AvgIpc) is 2.16. The van der Waals surface area contributed by atoms with Crippen LogP contribution >= 0.6 is 0 Å². The summed E-state index contributed by atoms with van der Waals surface area (Å²) in [6.45, 7) is 4.09. The largest absolute Gasteiger partial charge is 0.393 e. The first-order valence-electron chi connectivity index (χ1n) is 3.83. The third kappa shape index (κ3) is 1.26. The van der Waals surface area contributed by atoms with Crippen molar-refractivity contribution in [3.63, 3.8) is 0 Å². The zero-order valence-electron chi connectivity index (χ0n) is 6.35. The van der Waals surface area contributed by atoms with Crippen molar-refractivity contribution in [2.45, 2.75) is 45.6 Å². The number of hydrogen-bond acceptors (Lipinski definition) is 1. The van der Waals surface area contributed by atoms with E-state index in [1.807, 2.05) is 6.92 Å². The van der Waals surface area contributed by atoms with Gasteiger partial charge in [-0.15, -0.1) is 0 Å². The third-order valence-electron chi connectivity index (χ3n) is 2.75. The van der Waals surface area contributed by atoms with Gasteiger partial charge in [0.2, 0.25) is 0 Å². The Balaban J connectivity index is 2.51. The van der Waals surface area contributed by atoms with Crippen LogP contribution in [0.1, 0.15) is 39.5 Å². The van der Waals surface area contributed by atoms with Gasteiger partial charge in [-0.25, -0.2) is 0 Å². The lowest BCUT2D eigenvalue weighted by molar-refractivity contribution is 0.0577. The second-order valence-corrected chi connectivity index (χ2v) is 3.54. The van der Waals surface area contributed by atoms with E-state index in [-0.39, 0.29) is 11.5 Å². The Morgan fingerprint density at radius 3 is 2.00 bits per heavy atom. The molecule has 1 nitrogen and oxygen atoms in total. The van der Waals surface area contributed by atoms with E-state index < -0.39 is 0 Å². The highest BCUT2D eigenvalue weighted by atomic mass is 16.3. The Bertz CT molecular complexity index is 90.7. The zero-order valence-corrected chi connectivity index (χ0v) is 6.35. The summed E-state index contributed by atoms with van der Waals surface area (Å²) in [6, 6.07) is 0. The molecule has 0 aliphatic heterocycles. The van der Waals surface area contributed by atoms with E-state index in [1.165, 1.54) is 25.7 Å². The van der Waals surface area contributed by atoms with Gasteiger partial charge >= 0.3 is 0 Å². The first-order valence-corrected chi connectivity index (χ1v) is 3.83. The molecule has 1 aliphatic carbocycles. The fourth-order valence-corrected chi connectivity index (χ4v) is 1.60. The van der Waals surface area contributed by atoms with E-state index in [1.54, 1.807) is 0 Å². The molecular weight excluding hydrogens is 112 g/mol. The summed E-state index contributed by atoms with van der Waals surface area (Å²) >= 11 is 0. The maximum Gasteiger partial charge on any atom is 0.0565 e. The second-order valence-electron chi connectivity index (χ2n) is 3.54. The molecular formula is C8H16O. The second kappa shape index (κ2) is 2.30. The molecule has 0 saturated heterocycles. The van der Waals surface area contributed by atoms with Crippen LogP contribution in [0.2, 0.25) is 0 Å². The molecule has 0 spiro atoms. The molecule has 1 N–H and O–H groups in total. The summed E-state index contributed by atoms with van der Waals surface area (Å²) in [4.78, 5) is 0. The molecule has 0 bridgehead atoms. The molecule has 1 rings (SSSR count). The molecule has 1 saturated carbocycles. The topological polar surface area (TPSA) is 20.2 Å². The molecule has 0 aromatic heterocycles. The van der Waals surface area contributed by atoms with Crippen LogP contribution < -0.4 is 0 Å². The van der Waals surface area contributed by atoms with Crippen LogP contribution in [0.25, 0.3) is 0 Å². The highest BCUT2D eigenvalue weighted by Crippen LogP contribution is 2.40. The molecule has 1 aliphatic rings. The van der Waals surface area contributed by atoms with Crippen molar-refractivity contribution in [3.05, 3.63) is 0 Å². The third-order valence-corrected chi connectivity index (χ3v) is 2.75. The first-order chi connectivity index (χ1) is 4.15. The molecule has 0 aromatic carbocycles. The normalized spacial score (nSPS) is 28.3. The Morgan fingerprint density at radius 1 is 1.33 bits per heavy atom. The lowest BCUT2D eigenvalue weighted by atomic mass is 9.84. The van der Waals surface area contributed by atoms with Gasteiger partial charge in [-0.1, -0.05) is 19.8 Å². The van der Waals surface area contributed by atoms with Gasteiger partial charge in [0.25, 0.3) is 0 Å². The van der Waals surface area contributed by atoms with Gasteiger partial charge in [-0.05, 0) is 25.2 Å². The van der Waals surface area contributed by atoms with E-state index in [0.717, 1.165) is 0 Å². The standard InChI is InChI=1S/C8H16O/c1-7(9)8(2)5-3-4-6-8/h7,9H,3-6H2,1-2H3/t7-/m1/s1. The monoisotopic (exact) mass is 128 g/mol. The molecule has 1 heteroatoms. The molecule has 1 fully saturated rings. The van der Waals surface area contributed by atoms with Crippen LogP contribution in [0.3, 0.4) is 0 Å². The SMILES string of the molecule is C[C@@H](O)C1(C)CCCC1.